The van der Waals surface area contributed by atoms with Crippen molar-refractivity contribution in [3.8, 4) is 5.75 Å². The van der Waals surface area contributed by atoms with Crippen LogP contribution in [0.1, 0.15) is 11.5 Å². The molecule has 1 unspecified atom stereocenters. The van der Waals surface area contributed by atoms with Crippen molar-refractivity contribution in [3.63, 3.8) is 0 Å². The van der Waals surface area contributed by atoms with E-state index in [9.17, 15) is 4.79 Å². The number of rotatable bonds is 3. The predicted octanol–water partition coefficient (Wildman–Crippen LogP) is 2.03. The Balaban J connectivity index is 2.07. The molecule has 0 aliphatic carbocycles. The van der Waals surface area contributed by atoms with Gasteiger partial charge in [0.05, 0.1) is 6.54 Å². The Morgan fingerprint density at radius 2 is 2.31 bits per heavy atom. The normalized spacial score (nSPS) is 17.4. The first-order valence-electron chi connectivity index (χ1n) is 5.01. The molecule has 2 rings (SSSR count). The zero-order valence-corrected chi connectivity index (χ0v) is 9.46. The number of halogens is 1. The summed E-state index contributed by atoms with van der Waals surface area (Å²) in [6.45, 7) is 4.20. The average molecular weight is 238 g/mol. The molecule has 1 aliphatic rings. The molecule has 0 saturated heterocycles. The van der Waals surface area contributed by atoms with Crippen molar-refractivity contribution in [2.45, 2.75) is 5.92 Å². The van der Waals surface area contributed by atoms with E-state index in [0.717, 1.165) is 11.3 Å². The lowest BCUT2D eigenvalue weighted by Gasteiger charge is -2.09. The lowest BCUT2D eigenvalue weighted by atomic mass is 10.0. The molecule has 1 atom stereocenters. The molecule has 1 heterocycles. The molecular formula is C12H12ClNO2. The number of nitrogens with one attached hydrogen (secondary N) is 1. The number of fused-ring (bicyclic) bond motifs is 1. The van der Waals surface area contributed by atoms with Gasteiger partial charge >= 0.3 is 0 Å². The van der Waals surface area contributed by atoms with Crippen molar-refractivity contribution in [2.24, 2.45) is 0 Å². The van der Waals surface area contributed by atoms with Crippen LogP contribution in [0.25, 0.3) is 0 Å². The highest BCUT2D eigenvalue weighted by molar-refractivity contribution is 6.29. The molecule has 1 amide bonds. The van der Waals surface area contributed by atoms with Crippen LogP contribution in [-0.4, -0.2) is 19.1 Å². The van der Waals surface area contributed by atoms with Crippen LogP contribution in [0.15, 0.2) is 35.9 Å². The fourth-order valence-corrected chi connectivity index (χ4v) is 1.75. The molecule has 1 aromatic rings. The van der Waals surface area contributed by atoms with Crippen molar-refractivity contribution in [1.82, 2.24) is 5.32 Å². The van der Waals surface area contributed by atoms with Gasteiger partial charge in [-0.1, -0.05) is 36.4 Å². The summed E-state index contributed by atoms with van der Waals surface area (Å²) in [6, 6.07) is 7.55. The minimum atomic E-state index is -0.243. The average Bonchev–Trinajstić information content (AvgIpc) is 2.69. The first-order valence-corrected chi connectivity index (χ1v) is 5.39. The first-order chi connectivity index (χ1) is 7.68. The summed E-state index contributed by atoms with van der Waals surface area (Å²) in [4.78, 5) is 11.8. The van der Waals surface area contributed by atoms with Gasteiger partial charge in [0.25, 0.3) is 0 Å². The van der Waals surface area contributed by atoms with E-state index in [-0.39, 0.29) is 11.8 Å². The van der Waals surface area contributed by atoms with E-state index in [0.29, 0.717) is 18.2 Å². The van der Waals surface area contributed by atoms with Crippen LogP contribution >= 0.6 is 11.6 Å². The second-order valence-corrected chi connectivity index (χ2v) is 4.17. The molecule has 1 N–H and O–H groups in total. The van der Waals surface area contributed by atoms with E-state index < -0.39 is 0 Å². The van der Waals surface area contributed by atoms with Gasteiger partial charge in [-0.05, 0) is 6.07 Å². The third kappa shape index (κ3) is 2.19. The van der Waals surface area contributed by atoms with E-state index in [1.54, 1.807) is 0 Å². The maximum atomic E-state index is 11.8. The van der Waals surface area contributed by atoms with E-state index in [1.807, 2.05) is 24.3 Å². The summed E-state index contributed by atoms with van der Waals surface area (Å²) in [5, 5.41) is 3.13. The highest BCUT2D eigenvalue weighted by atomic mass is 35.5. The monoisotopic (exact) mass is 237 g/mol. The number of para-hydroxylation sites is 1. The molecule has 0 bridgehead atoms. The molecule has 16 heavy (non-hydrogen) atoms. The molecule has 0 fully saturated rings. The molecule has 1 aromatic carbocycles. The predicted molar refractivity (Wildman–Crippen MR) is 62.7 cm³/mol. The van der Waals surface area contributed by atoms with E-state index in [1.165, 1.54) is 0 Å². The smallest absolute Gasteiger partial charge is 0.231 e. The van der Waals surface area contributed by atoms with Crippen molar-refractivity contribution < 1.29 is 9.53 Å². The second kappa shape index (κ2) is 4.58. The second-order valence-electron chi connectivity index (χ2n) is 3.64. The standard InChI is InChI=1S/C12H12ClNO2/c1-8(13)6-14-12(15)10-7-16-11-5-3-2-4-9(10)11/h2-5,10H,1,6-7H2,(H,14,15). The number of hydrogen-bond donors (Lipinski definition) is 1. The van der Waals surface area contributed by atoms with Gasteiger partial charge in [-0.3, -0.25) is 4.79 Å². The fraction of sp³-hybridized carbons (Fsp3) is 0.250. The van der Waals surface area contributed by atoms with Crippen LogP contribution in [0.5, 0.6) is 5.75 Å². The van der Waals surface area contributed by atoms with Crippen LogP contribution < -0.4 is 10.1 Å². The highest BCUT2D eigenvalue weighted by Crippen LogP contribution is 2.33. The molecule has 0 spiro atoms. The maximum absolute atomic E-state index is 11.8. The van der Waals surface area contributed by atoms with Crippen LogP contribution in [0, 0.1) is 0 Å². The summed E-state index contributed by atoms with van der Waals surface area (Å²) in [6.07, 6.45) is 0. The number of hydrogen-bond acceptors (Lipinski definition) is 2. The zero-order chi connectivity index (χ0) is 11.5. The quantitative estimate of drug-likeness (QED) is 0.874. The van der Waals surface area contributed by atoms with Gasteiger partial charge in [0.1, 0.15) is 18.3 Å². The minimum absolute atomic E-state index is 0.0771. The summed E-state index contributed by atoms with van der Waals surface area (Å²) in [5.41, 5.74) is 0.931. The van der Waals surface area contributed by atoms with Crippen molar-refractivity contribution in [2.75, 3.05) is 13.2 Å². The Morgan fingerprint density at radius 3 is 3.06 bits per heavy atom. The lowest BCUT2D eigenvalue weighted by molar-refractivity contribution is -0.122. The molecular weight excluding hydrogens is 226 g/mol. The maximum Gasteiger partial charge on any atom is 0.231 e. The number of amides is 1. The molecule has 0 radical (unpaired) electrons. The van der Waals surface area contributed by atoms with Crippen LogP contribution in [0.4, 0.5) is 0 Å². The topological polar surface area (TPSA) is 38.3 Å². The number of carbonyl (C=O) groups excluding carboxylic acids is 1. The van der Waals surface area contributed by atoms with Crippen molar-refractivity contribution in [1.29, 1.82) is 0 Å². The largest absolute Gasteiger partial charge is 0.492 e. The highest BCUT2D eigenvalue weighted by Gasteiger charge is 2.29. The van der Waals surface area contributed by atoms with Gasteiger partial charge in [0.2, 0.25) is 5.91 Å². The molecule has 84 valence electrons. The lowest BCUT2D eigenvalue weighted by Crippen LogP contribution is -2.30. The summed E-state index contributed by atoms with van der Waals surface area (Å²) in [7, 11) is 0. The number of benzene rings is 1. The van der Waals surface area contributed by atoms with Crippen LogP contribution in [0.2, 0.25) is 0 Å². The number of ether oxygens (including phenoxy) is 1. The van der Waals surface area contributed by atoms with Gasteiger partial charge in [-0.15, -0.1) is 0 Å². The zero-order valence-electron chi connectivity index (χ0n) is 8.70. The Hall–Kier alpha value is -1.48. The third-order valence-electron chi connectivity index (χ3n) is 2.47. The van der Waals surface area contributed by atoms with Crippen molar-refractivity contribution >= 4 is 17.5 Å². The summed E-state index contributed by atoms with van der Waals surface area (Å²) < 4.78 is 5.42. The van der Waals surface area contributed by atoms with Crippen LogP contribution in [0.3, 0.4) is 0 Å². The van der Waals surface area contributed by atoms with Crippen molar-refractivity contribution in [3.05, 3.63) is 41.4 Å². The van der Waals surface area contributed by atoms with Gasteiger partial charge in [-0.2, -0.15) is 0 Å². The SMILES string of the molecule is C=C(Cl)CNC(=O)C1COc2ccccc21. The minimum Gasteiger partial charge on any atom is -0.492 e. The summed E-state index contributed by atoms with van der Waals surface area (Å²) >= 11 is 5.59. The fourth-order valence-electron chi connectivity index (χ4n) is 1.69. The molecule has 1 aliphatic heterocycles. The number of carbonyl (C=O) groups is 1. The molecule has 3 nitrogen and oxygen atoms in total. The Bertz CT molecular complexity index is 431. The van der Waals surface area contributed by atoms with Gasteiger partial charge in [0.15, 0.2) is 0 Å². The van der Waals surface area contributed by atoms with Gasteiger partial charge in [-0.25, -0.2) is 0 Å². The van der Waals surface area contributed by atoms with Gasteiger partial charge < -0.3 is 10.1 Å². The Kier molecular flexibility index (Phi) is 3.15. The molecule has 4 heteroatoms. The summed E-state index contributed by atoms with van der Waals surface area (Å²) in [5.74, 6) is 0.464. The van der Waals surface area contributed by atoms with E-state index in [4.69, 9.17) is 16.3 Å². The first kappa shape index (κ1) is 11.0. The van der Waals surface area contributed by atoms with Crippen LogP contribution in [-0.2, 0) is 4.79 Å². The van der Waals surface area contributed by atoms with E-state index >= 15 is 0 Å². The third-order valence-corrected chi connectivity index (χ3v) is 2.60. The van der Waals surface area contributed by atoms with E-state index in [2.05, 4.69) is 11.9 Å². The van der Waals surface area contributed by atoms with Gasteiger partial charge in [0, 0.05) is 10.6 Å². The Morgan fingerprint density at radius 1 is 1.56 bits per heavy atom. The molecule has 0 saturated carbocycles. The molecule has 0 aromatic heterocycles. The Labute approximate surface area is 99.1 Å².